The van der Waals surface area contributed by atoms with E-state index in [9.17, 15) is 9.90 Å². The van der Waals surface area contributed by atoms with Gasteiger partial charge in [0.25, 0.3) is 5.56 Å². The third-order valence-electron chi connectivity index (χ3n) is 5.40. The molecule has 4 aromatic rings. The molecule has 1 atom stereocenters. The number of aryl methyl sites for hydroxylation is 1. The van der Waals surface area contributed by atoms with Gasteiger partial charge in [0.1, 0.15) is 17.1 Å². The fourth-order valence-corrected chi connectivity index (χ4v) is 4.26. The lowest BCUT2D eigenvalue weighted by molar-refractivity contribution is 0.191. The van der Waals surface area contributed by atoms with Crippen molar-refractivity contribution in [3.63, 3.8) is 0 Å². The highest BCUT2D eigenvalue weighted by atomic mass is 79.9. The number of methoxy groups -OCH3 is 1. The van der Waals surface area contributed by atoms with E-state index in [0.29, 0.717) is 46.0 Å². The van der Waals surface area contributed by atoms with E-state index in [4.69, 9.17) is 11.3 Å². The average molecular weight is 508 g/mol. The van der Waals surface area contributed by atoms with Gasteiger partial charge in [-0.2, -0.15) is 0 Å². The van der Waals surface area contributed by atoms with Gasteiger partial charge in [-0.1, -0.05) is 19.1 Å². The molecule has 1 unspecified atom stereocenters. The molecule has 0 aliphatic rings. The van der Waals surface area contributed by atoms with Crippen LogP contribution in [0.5, 0.6) is 5.75 Å². The van der Waals surface area contributed by atoms with E-state index in [2.05, 4.69) is 41.0 Å². The van der Waals surface area contributed by atoms with Gasteiger partial charge in [-0.25, -0.2) is 9.83 Å². The monoisotopic (exact) mass is 507 g/mol. The van der Waals surface area contributed by atoms with Crippen molar-refractivity contribution in [1.82, 2.24) is 15.0 Å². The molecule has 0 aliphatic heterocycles. The second-order valence-corrected chi connectivity index (χ2v) is 8.29. The summed E-state index contributed by atoms with van der Waals surface area (Å²) in [5.41, 5.74) is 4.14. The summed E-state index contributed by atoms with van der Waals surface area (Å²) in [7, 11) is 1.58. The van der Waals surface area contributed by atoms with E-state index in [1.165, 1.54) is 0 Å². The summed E-state index contributed by atoms with van der Waals surface area (Å²) in [6, 6.07) is 10.6. The average Bonchev–Trinajstić information content (AvgIpc) is 3.25. The van der Waals surface area contributed by atoms with Gasteiger partial charge in [-0.3, -0.25) is 4.79 Å². The molecule has 9 heteroatoms. The van der Waals surface area contributed by atoms with Gasteiger partial charge in [0.05, 0.1) is 41.0 Å². The number of fused-ring (bicyclic) bond motifs is 1. The molecule has 0 bridgehead atoms. The summed E-state index contributed by atoms with van der Waals surface area (Å²) >= 11 is 3.43. The highest BCUT2D eigenvalue weighted by molar-refractivity contribution is 9.10. The lowest BCUT2D eigenvalue weighted by Crippen LogP contribution is -2.17. The quantitative estimate of drug-likeness (QED) is 0.265. The van der Waals surface area contributed by atoms with Crippen LogP contribution in [-0.2, 0) is 6.42 Å². The molecule has 2 heterocycles. The first kappa shape index (κ1) is 22.6. The Labute approximate surface area is 198 Å². The smallest absolute Gasteiger partial charge is 0.261 e. The van der Waals surface area contributed by atoms with Gasteiger partial charge in [0, 0.05) is 12.7 Å². The van der Waals surface area contributed by atoms with Crippen LogP contribution in [-0.4, -0.2) is 33.7 Å². The van der Waals surface area contributed by atoms with Gasteiger partial charge in [-0.05, 0) is 57.7 Å². The maximum absolute atomic E-state index is 12.7. The SMILES string of the molecule is [C-]#[N+]c1cc(CC)c2nc(-c3c(NCC(O)c4ccc(OC)c(Br)c4)cc[nH]c3=O)[nH]c2c1. The highest BCUT2D eigenvalue weighted by Crippen LogP contribution is 2.31. The van der Waals surface area contributed by atoms with E-state index >= 15 is 0 Å². The van der Waals surface area contributed by atoms with Crippen molar-refractivity contribution in [1.29, 1.82) is 0 Å². The topological polar surface area (TPSA) is 107 Å². The fourth-order valence-electron chi connectivity index (χ4n) is 3.70. The molecule has 0 saturated carbocycles. The van der Waals surface area contributed by atoms with Crippen LogP contribution in [0.2, 0.25) is 0 Å². The van der Waals surface area contributed by atoms with Crippen LogP contribution < -0.4 is 15.6 Å². The number of halogens is 1. The largest absolute Gasteiger partial charge is 0.496 e. The Kier molecular flexibility index (Phi) is 6.49. The van der Waals surface area contributed by atoms with E-state index in [1.54, 1.807) is 43.6 Å². The number of nitrogens with zero attached hydrogens (tertiary/aromatic N) is 2. The molecule has 2 aromatic carbocycles. The molecular formula is C24H22BrN5O3. The third-order valence-corrected chi connectivity index (χ3v) is 6.02. The van der Waals surface area contributed by atoms with Crippen LogP contribution in [0.3, 0.4) is 0 Å². The lowest BCUT2D eigenvalue weighted by Gasteiger charge is -2.16. The number of H-pyrrole nitrogens is 2. The molecule has 0 saturated heterocycles. The number of aromatic nitrogens is 3. The number of imidazole rings is 1. The molecular weight excluding hydrogens is 486 g/mol. The number of hydrogen-bond donors (Lipinski definition) is 4. The minimum absolute atomic E-state index is 0.178. The molecule has 0 amide bonds. The van der Waals surface area contributed by atoms with Gasteiger partial charge < -0.3 is 25.1 Å². The van der Waals surface area contributed by atoms with Crippen molar-refractivity contribution in [3.8, 4) is 17.1 Å². The lowest BCUT2D eigenvalue weighted by atomic mass is 10.1. The molecule has 0 radical (unpaired) electrons. The summed E-state index contributed by atoms with van der Waals surface area (Å²) in [6.07, 6.45) is 1.44. The number of pyridine rings is 1. The number of benzene rings is 2. The van der Waals surface area contributed by atoms with E-state index in [1.807, 2.05) is 13.0 Å². The maximum Gasteiger partial charge on any atom is 0.261 e. The second-order valence-electron chi connectivity index (χ2n) is 7.44. The number of rotatable bonds is 7. The molecule has 0 fully saturated rings. The van der Waals surface area contributed by atoms with Crippen molar-refractivity contribution in [2.24, 2.45) is 0 Å². The van der Waals surface area contributed by atoms with Gasteiger partial charge in [0.2, 0.25) is 0 Å². The molecule has 0 aliphatic carbocycles. The molecule has 4 N–H and O–H groups in total. The first-order valence-electron chi connectivity index (χ1n) is 10.3. The number of aromatic amines is 2. The number of ether oxygens (including phenoxy) is 1. The van der Waals surface area contributed by atoms with Crippen LogP contribution in [0.1, 0.15) is 24.2 Å². The first-order chi connectivity index (χ1) is 15.9. The molecule has 0 spiro atoms. The number of hydrogen-bond acceptors (Lipinski definition) is 5. The number of aliphatic hydroxyl groups is 1. The molecule has 33 heavy (non-hydrogen) atoms. The van der Waals surface area contributed by atoms with Gasteiger partial charge >= 0.3 is 0 Å². The Morgan fingerprint density at radius 1 is 1.30 bits per heavy atom. The maximum atomic E-state index is 12.7. The van der Waals surface area contributed by atoms with Crippen LogP contribution >= 0.6 is 15.9 Å². The van der Waals surface area contributed by atoms with E-state index in [0.717, 1.165) is 15.6 Å². The number of anilines is 1. The summed E-state index contributed by atoms with van der Waals surface area (Å²) in [6.45, 7) is 9.50. The highest BCUT2D eigenvalue weighted by Gasteiger charge is 2.17. The van der Waals surface area contributed by atoms with Crippen molar-refractivity contribution in [2.75, 3.05) is 19.0 Å². The summed E-state index contributed by atoms with van der Waals surface area (Å²) in [4.78, 5) is 26.8. The Morgan fingerprint density at radius 3 is 2.82 bits per heavy atom. The second kappa shape index (κ2) is 9.48. The third kappa shape index (κ3) is 4.49. The van der Waals surface area contributed by atoms with Crippen molar-refractivity contribution < 1.29 is 9.84 Å². The summed E-state index contributed by atoms with van der Waals surface area (Å²) < 4.78 is 5.98. The predicted molar refractivity (Wildman–Crippen MR) is 132 cm³/mol. The number of aliphatic hydroxyl groups excluding tert-OH is 1. The van der Waals surface area contributed by atoms with Crippen LogP contribution in [0.15, 0.2) is 51.9 Å². The zero-order valence-corrected chi connectivity index (χ0v) is 19.7. The Bertz CT molecular complexity index is 1420. The zero-order chi connectivity index (χ0) is 23.5. The fraction of sp³-hybridized carbons (Fsp3) is 0.208. The van der Waals surface area contributed by atoms with E-state index in [-0.39, 0.29) is 12.1 Å². The van der Waals surface area contributed by atoms with Crippen LogP contribution in [0.25, 0.3) is 27.3 Å². The Balaban J connectivity index is 1.66. The molecule has 168 valence electrons. The first-order valence-corrected chi connectivity index (χ1v) is 11.1. The predicted octanol–water partition coefficient (Wildman–Crippen LogP) is 4.95. The van der Waals surface area contributed by atoms with Gasteiger partial charge in [0.15, 0.2) is 5.69 Å². The molecule has 4 rings (SSSR count). The summed E-state index contributed by atoms with van der Waals surface area (Å²) in [5.74, 6) is 1.07. The summed E-state index contributed by atoms with van der Waals surface area (Å²) in [5, 5.41) is 13.8. The minimum Gasteiger partial charge on any atom is -0.496 e. The van der Waals surface area contributed by atoms with Crippen molar-refractivity contribution in [3.05, 3.63) is 80.0 Å². The molecule has 2 aromatic heterocycles. The van der Waals surface area contributed by atoms with Crippen molar-refractivity contribution >= 4 is 38.3 Å². The minimum atomic E-state index is -0.817. The molecule has 8 nitrogen and oxygen atoms in total. The zero-order valence-electron chi connectivity index (χ0n) is 18.1. The standard InChI is InChI=1S/C24H22BrN5O3/c1-4-13-9-15(26-2)11-18-22(13)30-23(29-18)21-17(7-8-27-24(21)32)28-12-19(31)14-5-6-20(33-3)16(25)10-14/h5-11,19,31H,4,12H2,1,3H3,(H,29,30)(H2,27,28,32). The normalized spacial score (nSPS) is 11.8. The number of nitrogens with one attached hydrogen (secondary N) is 3. The van der Waals surface area contributed by atoms with Gasteiger partial charge in [-0.15, -0.1) is 0 Å². The Hall–Kier alpha value is -3.61. The van der Waals surface area contributed by atoms with E-state index < -0.39 is 6.10 Å². The van der Waals surface area contributed by atoms with Crippen molar-refractivity contribution in [2.45, 2.75) is 19.4 Å². The van der Waals surface area contributed by atoms with Crippen LogP contribution in [0.4, 0.5) is 11.4 Å². The van der Waals surface area contributed by atoms with Crippen LogP contribution in [0, 0.1) is 6.57 Å². The Morgan fingerprint density at radius 2 is 2.12 bits per heavy atom.